The first-order valence-electron chi connectivity index (χ1n) is 13.4. The molecule has 2 heterocycles. The van der Waals surface area contributed by atoms with Crippen LogP contribution in [0.1, 0.15) is 29.9 Å². The number of ether oxygens (including phenoxy) is 1. The van der Waals surface area contributed by atoms with Gasteiger partial charge in [0, 0.05) is 24.8 Å². The summed E-state index contributed by atoms with van der Waals surface area (Å²) in [6.07, 6.45) is 0.289. The van der Waals surface area contributed by atoms with E-state index >= 15 is 0 Å². The monoisotopic (exact) mass is 608 g/mol. The van der Waals surface area contributed by atoms with E-state index in [0.29, 0.717) is 34.7 Å². The van der Waals surface area contributed by atoms with E-state index in [1.165, 1.54) is 6.92 Å². The molecule has 226 valence electrons. The molecule has 43 heavy (non-hydrogen) atoms. The number of aromatic nitrogens is 4. The van der Waals surface area contributed by atoms with Crippen molar-refractivity contribution in [3.8, 4) is 5.75 Å². The Morgan fingerprint density at radius 1 is 1.05 bits per heavy atom. The Bertz CT molecular complexity index is 1620. The van der Waals surface area contributed by atoms with E-state index in [1.807, 2.05) is 11.9 Å². The number of nitrogens with zero attached hydrogens (tertiary/aromatic N) is 5. The van der Waals surface area contributed by atoms with Gasteiger partial charge in [-0.3, -0.25) is 9.32 Å². The fourth-order valence-corrected chi connectivity index (χ4v) is 5.61. The fourth-order valence-electron chi connectivity index (χ4n) is 3.97. The van der Waals surface area contributed by atoms with Crippen molar-refractivity contribution in [1.82, 2.24) is 25.3 Å². The SMILES string of the molecule is CCOC(=O)[C@H](C)OP(=O)(CCNC(=O)c1ccc(N(C)Cc2cnc3nc(N)nc(N)c3n2)cc1)Oc1ccccc1. The minimum Gasteiger partial charge on any atom is -0.464 e. The molecule has 0 radical (unpaired) electrons. The molecule has 2 aromatic heterocycles. The Labute approximate surface area is 248 Å². The van der Waals surface area contributed by atoms with Gasteiger partial charge in [-0.15, -0.1) is 0 Å². The molecular formula is C28H33N8O6P. The zero-order chi connectivity index (χ0) is 31.0. The number of hydrogen-bond acceptors (Lipinski definition) is 13. The average molecular weight is 609 g/mol. The van der Waals surface area contributed by atoms with Gasteiger partial charge >= 0.3 is 13.6 Å². The van der Waals surface area contributed by atoms with E-state index < -0.39 is 19.7 Å². The fraction of sp³-hybridized carbons (Fsp3) is 0.286. The molecule has 0 fully saturated rings. The van der Waals surface area contributed by atoms with Crippen LogP contribution in [0.15, 0.2) is 60.8 Å². The number of amides is 1. The highest BCUT2D eigenvalue weighted by Crippen LogP contribution is 2.49. The van der Waals surface area contributed by atoms with Crippen LogP contribution >= 0.6 is 7.60 Å². The molecule has 2 aromatic carbocycles. The number of fused-ring (bicyclic) bond motifs is 1. The van der Waals surface area contributed by atoms with Crippen LogP contribution in [0, 0.1) is 0 Å². The molecule has 0 aliphatic carbocycles. The standard InChI is InChI=1S/C28H33N8O6P/c1-4-40-27(38)18(2)41-43(39,42-22-8-6-5-7-9-22)15-14-31-26(37)19-10-12-21(13-11-19)36(3)17-20-16-32-25-23(33-20)24(29)34-28(30)35-25/h5-13,16,18H,4,14-15,17H2,1-3H3,(H,31,37)(H4,29,30,32,34,35)/t18-,43?/m0/s1. The zero-order valence-corrected chi connectivity index (χ0v) is 24.9. The number of benzene rings is 2. The number of rotatable bonds is 13. The number of anilines is 3. The van der Waals surface area contributed by atoms with Gasteiger partial charge in [0.2, 0.25) is 5.95 Å². The van der Waals surface area contributed by atoms with Gasteiger partial charge < -0.3 is 30.9 Å². The Kier molecular flexibility index (Phi) is 10.1. The predicted octanol–water partition coefficient (Wildman–Crippen LogP) is 3.19. The number of para-hydroxylation sites is 1. The third-order valence-corrected chi connectivity index (χ3v) is 7.96. The van der Waals surface area contributed by atoms with Crippen molar-refractivity contribution in [2.24, 2.45) is 0 Å². The minimum absolute atomic E-state index is 0.0276. The lowest BCUT2D eigenvalue weighted by Crippen LogP contribution is -2.29. The van der Waals surface area contributed by atoms with Gasteiger partial charge in [0.25, 0.3) is 5.91 Å². The van der Waals surface area contributed by atoms with Crippen LogP contribution in [0.4, 0.5) is 17.5 Å². The maximum absolute atomic E-state index is 13.6. The second kappa shape index (κ2) is 13.9. The molecule has 2 atom stereocenters. The third-order valence-electron chi connectivity index (χ3n) is 6.07. The van der Waals surface area contributed by atoms with Gasteiger partial charge in [-0.25, -0.2) is 19.3 Å². The topological polar surface area (TPSA) is 198 Å². The lowest BCUT2D eigenvalue weighted by Gasteiger charge is -2.22. The van der Waals surface area contributed by atoms with Crippen LogP contribution in [0.25, 0.3) is 11.2 Å². The Morgan fingerprint density at radius 3 is 2.47 bits per heavy atom. The lowest BCUT2D eigenvalue weighted by molar-refractivity contribution is -0.150. The highest BCUT2D eigenvalue weighted by molar-refractivity contribution is 7.54. The molecule has 1 amide bonds. The van der Waals surface area contributed by atoms with Crippen LogP contribution in [0.2, 0.25) is 0 Å². The summed E-state index contributed by atoms with van der Waals surface area (Å²) in [6, 6.07) is 15.4. The van der Waals surface area contributed by atoms with E-state index in [2.05, 4.69) is 25.3 Å². The van der Waals surface area contributed by atoms with Crippen molar-refractivity contribution < 1.29 is 27.9 Å². The number of nitrogens with one attached hydrogen (secondary N) is 1. The number of hydrogen-bond donors (Lipinski definition) is 3. The summed E-state index contributed by atoms with van der Waals surface area (Å²) in [5.74, 6) is -0.555. The van der Waals surface area contributed by atoms with Gasteiger partial charge in [0.15, 0.2) is 23.1 Å². The molecule has 0 spiro atoms. The molecular weight excluding hydrogens is 575 g/mol. The molecule has 4 aromatic rings. The highest BCUT2D eigenvalue weighted by atomic mass is 31.2. The van der Waals surface area contributed by atoms with Crippen molar-refractivity contribution in [2.75, 3.05) is 42.7 Å². The minimum atomic E-state index is -3.85. The predicted molar refractivity (Wildman–Crippen MR) is 162 cm³/mol. The Hall–Kier alpha value is -4.81. The molecule has 0 saturated heterocycles. The van der Waals surface area contributed by atoms with Crippen LogP contribution in [0.3, 0.4) is 0 Å². The van der Waals surface area contributed by atoms with Gasteiger partial charge in [-0.1, -0.05) is 18.2 Å². The first kappa shape index (κ1) is 31.1. The molecule has 15 heteroatoms. The van der Waals surface area contributed by atoms with Crippen molar-refractivity contribution in [3.05, 3.63) is 72.1 Å². The van der Waals surface area contributed by atoms with E-state index in [1.54, 1.807) is 67.7 Å². The smallest absolute Gasteiger partial charge is 0.381 e. The number of esters is 1. The van der Waals surface area contributed by atoms with E-state index in [4.69, 9.17) is 25.3 Å². The van der Waals surface area contributed by atoms with Crippen LogP contribution in [-0.4, -0.2) is 64.3 Å². The summed E-state index contributed by atoms with van der Waals surface area (Å²) < 4.78 is 29.7. The van der Waals surface area contributed by atoms with Crippen molar-refractivity contribution >= 4 is 48.1 Å². The quantitative estimate of drug-likeness (QED) is 0.148. The van der Waals surface area contributed by atoms with Crippen molar-refractivity contribution in [2.45, 2.75) is 26.5 Å². The van der Waals surface area contributed by atoms with E-state index in [0.717, 1.165) is 5.69 Å². The summed E-state index contributed by atoms with van der Waals surface area (Å²) in [4.78, 5) is 43.6. The summed E-state index contributed by atoms with van der Waals surface area (Å²) >= 11 is 0. The normalized spacial score (nSPS) is 13.1. The molecule has 0 bridgehead atoms. The molecule has 4 rings (SSSR count). The molecule has 0 saturated carbocycles. The zero-order valence-electron chi connectivity index (χ0n) is 24.0. The van der Waals surface area contributed by atoms with Crippen LogP contribution in [0.5, 0.6) is 5.75 Å². The highest BCUT2D eigenvalue weighted by Gasteiger charge is 2.32. The van der Waals surface area contributed by atoms with E-state index in [9.17, 15) is 14.2 Å². The summed E-state index contributed by atoms with van der Waals surface area (Å²) in [5.41, 5.74) is 14.1. The van der Waals surface area contributed by atoms with Gasteiger partial charge in [0.1, 0.15) is 5.75 Å². The van der Waals surface area contributed by atoms with Gasteiger partial charge in [0.05, 0.1) is 31.2 Å². The largest absolute Gasteiger partial charge is 0.464 e. The van der Waals surface area contributed by atoms with E-state index in [-0.39, 0.29) is 37.0 Å². The number of carbonyl (C=O) groups is 2. The summed E-state index contributed by atoms with van der Waals surface area (Å²) in [5, 5.41) is 2.73. The third kappa shape index (κ3) is 8.37. The summed E-state index contributed by atoms with van der Waals surface area (Å²) in [7, 11) is -1.99. The molecule has 14 nitrogen and oxygen atoms in total. The maximum Gasteiger partial charge on any atom is 0.381 e. The first-order valence-corrected chi connectivity index (χ1v) is 15.1. The first-order chi connectivity index (χ1) is 20.6. The number of nitrogens with two attached hydrogens (primary N) is 2. The lowest BCUT2D eigenvalue weighted by atomic mass is 10.2. The van der Waals surface area contributed by atoms with Crippen LogP contribution in [-0.2, 0) is 25.2 Å². The Balaban J connectivity index is 1.36. The molecule has 1 unspecified atom stereocenters. The number of nitrogen functional groups attached to an aromatic ring is 2. The molecule has 0 aliphatic rings. The Morgan fingerprint density at radius 2 is 1.77 bits per heavy atom. The maximum atomic E-state index is 13.6. The average Bonchev–Trinajstić information content (AvgIpc) is 2.98. The molecule has 0 aliphatic heterocycles. The second-order valence-corrected chi connectivity index (χ2v) is 11.5. The van der Waals surface area contributed by atoms with Crippen LogP contribution < -0.4 is 26.2 Å². The number of carbonyl (C=O) groups excluding carboxylic acids is 2. The summed E-state index contributed by atoms with van der Waals surface area (Å²) in [6.45, 7) is 3.62. The van der Waals surface area contributed by atoms with Crippen molar-refractivity contribution in [1.29, 1.82) is 0 Å². The van der Waals surface area contributed by atoms with Gasteiger partial charge in [-0.2, -0.15) is 9.97 Å². The van der Waals surface area contributed by atoms with Gasteiger partial charge in [-0.05, 0) is 50.2 Å². The molecule has 5 N–H and O–H groups in total. The van der Waals surface area contributed by atoms with Crippen molar-refractivity contribution in [3.63, 3.8) is 0 Å². The second-order valence-electron chi connectivity index (χ2n) is 9.40.